The first-order chi connectivity index (χ1) is 10.8. The number of pyridine rings is 1. The van der Waals surface area contributed by atoms with Crippen LogP contribution in [-0.2, 0) is 0 Å². The molecule has 0 bridgehead atoms. The third-order valence-electron chi connectivity index (χ3n) is 3.81. The summed E-state index contributed by atoms with van der Waals surface area (Å²) in [5, 5.41) is 4.11. The number of thiophene rings is 1. The Labute approximate surface area is 132 Å². The number of aromatic nitrogens is 3. The molecular weight excluding hydrogens is 296 g/mol. The number of rotatable bonds is 3. The van der Waals surface area contributed by atoms with Crippen LogP contribution in [0.25, 0.3) is 22.2 Å². The summed E-state index contributed by atoms with van der Waals surface area (Å²) in [5.74, 6) is 2.19. The normalized spacial score (nSPS) is 14.7. The van der Waals surface area contributed by atoms with E-state index >= 15 is 0 Å². The van der Waals surface area contributed by atoms with Crippen LogP contribution in [0.15, 0.2) is 35.0 Å². The van der Waals surface area contributed by atoms with Crippen molar-refractivity contribution in [1.29, 1.82) is 0 Å². The lowest BCUT2D eigenvalue weighted by atomic mass is 10.2. The highest BCUT2D eigenvalue weighted by Gasteiger charge is 2.16. The number of anilines is 1. The van der Waals surface area contributed by atoms with Crippen molar-refractivity contribution in [2.24, 2.45) is 0 Å². The molecule has 0 spiro atoms. The molecule has 1 aliphatic rings. The zero-order valence-electron chi connectivity index (χ0n) is 12.3. The second-order valence-electron chi connectivity index (χ2n) is 5.43. The van der Waals surface area contributed by atoms with Crippen LogP contribution in [-0.4, -0.2) is 28.2 Å². The van der Waals surface area contributed by atoms with Crippen LogP contribution >= 0.6 is 11.3 Å². The molecule has 0 unspecified atom stereocenters. The molecule has 3 aromatic rings. The molecule has 22 heavy (non-hydrogen) atoms. The van der Waals surface area contributed by atoms with Crippen LogP contribution in [0.2, 0.25) is 0 Å². The van der Waals surface area contributed by atoms with Crippen LogP contribution in [0.5, 0.6) is 0 Å². The van der Waals surface area contributed by atoms with Crippen LogP contribution in [0.1, 0.15) is 17.7 Å². The van der Waals surface area contributed by atoms with Crippen LogP contribution in [0.3, 0.4) is 0 Å². The molecule has 4 rings (SSSR count). The van der Waals surface area contributed by atoms with E-state index in [1.165, 1.54) is 17.7 Å². The van der Waals surface area contributed by atoms with Gasteiger partial charge in [0.25, 0.3) is 5.89 Å². The predicted molar refractivity (Wildman–Crippen MR) is 87.0 cm³/mol. The van der Waals surface area contributed by atoms with Gasteiger partial charge in [-0.15, -0.1) is 11.3 Å². The predicted octanol–water partition coefficient (Wildman–Crippen LogP) is 3.77. The third-order valence-corrected chi connectivity index (χ3v) is 4.80. The molecule has 0 saturated carbocycles. The lowest BCUT2D eigenvalue weighted by molar-refractivity contribution is 0.433. The average molecular weight is 312 g/mol. The van der Waals surface area contributed by atoms with Crippen molar-refractivity contribution in [3.63, 3.8) is 0 Å². The Balaban J connectivity index is 1.64. The van der Waals surface area contributed by atoms with Crippen molar-refractivity contribution in [2.75, 3.05) is 18.0 Å². The standard InChI is InChI=1S/C16H16N4OS/c1-11-4-5-13(22-11)16-18-15(19-21-16)12-6-7-17-14(10-12)20-8-2-3-9-20/h4-7,10H,2-3,8-9H2,1H3. The van der Waals surface area contributed by atoms with Gasteiger partial charge < -0.3 is 9.42 Å². The summed E-state index contributed by atoms with van der Waals surface area (Å²) >= 11 is 1.66. The van der Waals surface area contributed by atoms with Crippen molar-refractivity contribution in [2.45, 2.75) is 19.8 Å². The number of aryl methyl sites for hydroxylation is 1. The van der Waals surface area contributed by atoms with Gasteiger partial charge in [0, 0.05) is 29.7 Å². The van der Waals surface area contributed by atoms with E-state index in [0.29, 0.717) is 11.7 Å². The second kappa shape index (κ2) is 5.53. The first kappa shape index (κ1) is 13.5. The van der Waals surface area contributed by atoms with Crippen molar-refractivity contribution in [3.05, 3.63) is 35.3 Å². The Morgan fingerprint density at radius 3 is 2.82 bits per heavy atom. The molecule has 112 valence electrons. The Morgan fingerprint density at radius 1 is 1.18 bits per heavy atom. The quantitative estimate of drug-likeness (QED) is 0.737. The minimum atomic E-state index is 0.577. The smallest absolute Gasteiger partial charge is 0.268 e. The molecule has 6 heteroatoms. The molecule has 0 atom stereocenters. The van der Waals surface area contributed by atoms with Gasteiger partial charge in [0.1, 0.15) is 5.82 Å². The van der Waals surface area contributed by atoms with Crippen LogP contribution < -0.4 is 4.90 Å². The lowest BCUT2D eigenvalue weighted by Crippen LogP contribution is -2.18. The summed E-state index contributed by atoms with van der Waals surface area (Å²) in [6.45, 7) is 4.21. The van der Waals surface area contributed by atoms with E-state index < -0.39 is 0 Å². The fourth-order valence-corrected chi connectivity index (χ4v) is 3.46. The zero-order chi connectivity index (χ0) is 14.9. The lowest BCUT2D eigenvalue weighted by Gasteiger charge is -2.16. The molecule has 0 radical (unpaired) electrons. The van der Waals surface area contributed by atoms with Crippen molar-refractivity contribution in [3.8, 4) is 22.2 Å². The van der Waals surface area contributed by atoms with Crippen LogP contribution in [0, 0.1) is 6.92 Å². The van der Waals surface area contributed by atoms with Crippen molar-refractivity contribution in [1.82, 2.24) is 15.1 Å². The molecule has 0 aliphatic carbocycles. The van der Waals surface area contributed by atoms with E-state index in [4.69, 9.17) is 4.52 Å². The highest BCUT2D eigenvalue weighted by molar-refractivity contribution is 7.15. The van der Waals surface area contributed by atoms with Gasteiger partial charge in [-0.2, -0.15) is 4.98 Å². The van der Waals surface area contributed by atoms with E-state index in [9.17, 15) is 0 Å². The van der Waals surface area contributed by atoms with Gasteiger partial charge in [0.15, 0.2) is 0 Å². The molecule has 1 fully saturated rings. The fraction of sp³-hybridized carbons (Fsp3) is 0.312. The van der Waals surface area contributed by atoms with Gasteiger partial charge in [0.05, 0.1) is 4.88 Å². The molecule has 0 N–H and O–H groups in total. The van der Waals surface area contributed by atoms with Gasteiger partial charge in [-0.25, -0.2) is 4.98 Å². The monoisotopic (exact) mass is 312 g/mol. The largest absolute Gasteiger partial charge is 0.357 e. The fourth-order valence-electron chi connectivity index (χ4n) is 2.67. The maximum atomic E-state index is 5.40. The third kappa shape index (κ3) is 2.50. The Morgan fingerprint density at radius 2 is 2.05 bits per heavy atom. The van der Waals surface area contributed by atoms with Gasteiger partial charge in [-0.05, 0) is 44.0 Å². The Bertz CT molecular complexity index is 789. The average Bonchev–Trinajstić information content (AvgIpc) is 3.28. The van der Waals surface area contributed by atoms with Gasteiger partial charge in [0.2, 0.25) is 5.82 Å². The first-order valence-electron chi connectivity index (χ1n) is 7.41. The zero-order valence-corrected chi connectivity index (χ0v) is 13.1. The Hall–Kier alpha value is -2.21. The van der Waals surface area contributed by atoms with Crippen molar-refractivity contribution >= 4 is 17.2 Å². The summed E-state index contributed by atoms with van der Waals surface area (Å²) in [7, 11) is 0. The summed E-state index contributed by atoms with van der Waals surface area (Å²) < 4.78 is 5.40. The number of hydrogen-bond donors (Lipinski definition) is 0. The topological polar surface area (TPSA) is 55.1 Å². The first-order valence-corrected chi connectivity index (χ1v) is 8.23. The SMILES string of the molecule is Cc1ccc(-c2nc(-c3ccnc(N4CCCC4)c3)no2)s1. The summed E-state index contributed by atoms with van der Waals surface area (Å²) in [4.78, 5) is 13.5. The summed E-state index contributed by atoms with van der Waals surface area (Å²) in [5.41, 5.74) is 0.945. The van der Waals surface area contributed by atoms with E-state index in [0.717, 1.165) is 29.3 Å². The highest BCUT2D eigenvalue weighted by Crippen LogP contribution is 2.29. The summed E-state index contributed by atoms with van der Waals surface area (Å²) in [6.07, 6.45) is 4.28. The summed E-state index contributed by atoms with van der Waals surface area (Å²) in [6, 6.07) is 8.04. The van der Waals surface area contributed by atoms with Gasteiger partial charge >= 0.3 is 0 Å². The molecule has 4 heterocycles. The van der Waals surface area contributed by atoms with E-state index in [1.54, 1.807) is 11.3 Å². The van der Waals surface area contributed by atoms with Gasteiger partial charge in [-0.1, -0.05) is 5.16 Å². The van der Waals surface area contributed by atoms with Gasteiger partial charge in [-0.3, -0.25) is 0 Å². The van der Waals surface area contributed by atoms with E-state index in [-0.39, 0.29) is 0 Å². The number of nitrogens with zero attached hydrogens (tertiary/aromatic N) is 4. The highest BCUT2D eigenvalue weighted by atomic mass is 32.1. The molecule has 3 aromatic heterocycles. The molecule has 5 nitrogen and oxygen atoms in total. The number of hydrogen-bond acceptors (Lipinski definition) is 6. The molecular formula is C16H16N4OS. The maximum Gasteiger partial charge on any atom is 0.268 e. The second-order valence-corrected chi connectivity index (χ2v) is 6.72. The molecule has 1 aliphatic heterocycles. The molecule has 0 aromatic carbocycles. The maximum absolute atomic E-state index is 5.40. The Kier molecular flexibility index (Phi) is 3.38. The minimum Gasteiger partial charge on any atom is -0.357 e. The molecule has 0 amide bonds. The van der Waals surface area contributed by atoms with E-state index in [2.05, 4.69) is 33.0 Å². The van der Waals surface area contributed by atoms with E-state index in [1.807, 2.05) is 24.4 Å². The van der Waals surface area contributed by atoms with Crippen molar-refractivity contribution < 1.29 is 4.52 Å². The van der Waals surface area contributed by atoms with Crippen LogP contribution in [0.4, 0.5) is 5.82 Å². The minimum absolute atomic E-state index is 0.577. The molecule has 1 saturated heterocycles.